The fourth-order valence-electron chi connectivity index (χ4n) is 1.06. The van der Waals surface area contributed by atoms with Gasteiger partial charge < -0.3 is 25.2 Å². The lowest BCUT2D eigenvalue weighted by Crippen LogP contribution is -2.57. The summed E-state index contributed by atoms with van der Waals surface area (Å²) in [6.45, 7) is 0. The molecule has 6 heteroatoms. The molecule has 0 aliphatic carbocycles. The molecule has 0 saturated carbocycles. The standard InChI is InChI=1S/C6H11IO5/c7-1-2-3(8)4(9)5(10)6(11)12-2/h2-6,8-11H,1H2/t2-,3?,4?,5?,6?/m1/s1. The number of rotatable bonds is 1. The molecule has 1 aliphatic rings. The monoisotopic (exact) mass is 290 g/mol. The van der Waals surface area contributed by atoms with Crippen LogP contribution < -0.4 is 0 Å². The van der Waals surface area contributed by atoms with E-state index in [0.29, 0.717) is 4.43 Å². The van der Waals surface area contributed by atoms with Crippen LogP contribution in [0, 0.1) is 0 Å². The van der Waals surface area contributed by atoms with Crippen LogP contribution in [0.3, 0.4) is 0 Å². The van der Waals surface area contributed by atoms with Gasteiger partial charge in [0.2, 0.25) is 0 Å². The zero-order chi connectivity index (χ0) is 9.30. The van der Waals surface area contributed by atoms with Crippen LogP contribution in [0.5, 0.6) is 0 Å². The average molecular weight is 290 g/mol. The maximum atomic E-state index is 9.27. The summed E-state index contributed by atoms with van der Waals surface area (Å²) in [7, 11) is 0. The summed E-state index contributed by atoms with van der Waals surface area (Å²) in [5, 5.41) is 36.5. The Balaban J connectivity index is 2.63. The maximum absolute atomic E-state index is 9.27. The average Bonchev–Trinajstić information content (AvgIpc) is 2.08. The Morgan fingerprint density at radius 3 is 2.08 bits per heavy atom. The Kier molecular flexibility index (Phi) is 3.68. The third-order valence-electron chi connectivity index (χ3n) is 1.84. The molecular formula is C6H11IO5. The summed E-state index contributed by atoms with van der Waals surface area (Å²) >= 11 is 1.96. The lowest BCUT2D eigenvalue weighted by atomic mass is 10.0. The quantitative estimate of drug-likeness (QED) is 0.339. The summed E-state index contributed by atoms with van der Waals surface area (Å²) in [5.74, 6) is 0. The van der Waals surface area contributed by atoms with E-state index in [1.165, 1.54) is 0 Å². The molecule has 1 fully saturated rings. The maximum Gasteiger partial charge on any atom is 0.183 e. The van der Waals surface area contributed by atoms with Crippen LogP contribution in [0.2, 0.25) is 0 Å². The molecule has 0 amide bonds. The van der Waals surface area contributed by atoms with Gasteiger partial charge in [-0.15, -0.1) is 0 Å². The van der Waals surface area contributed by atoms with Crippen LogP contribution in [-0.2, 0) is 4.74 Å². The Hall–Kier alpha value is 0.530. The lowest BCUT2D eigenvalue weighted by Gasteiger charge is -2.37. The molecule has 1 heterocycles. The van der Waals surface area contributed by atoms with Gasteiger partial charge in [-0.25, -0.2) is 0 Å². The molecule has 1 aliphatic heterocycles. The van der Waals surface area contributed by atoms with Crippen molar-refractivity contribution in [2.24, 2.45) is 0 Å². The van der Waals surface area contributed by atoms with Gasteiger partial charge in [-0.3, -0.25) is 0 Å². The molecule has 12 heavy (non-hydrogen) atoms. The second kappa shape index (κ2) is 4.16. The molecule has 0 spiro atoms. The first-order chi connectivity index (χ1) is 5.57. The van der Waals surface area contributed by atoms with Crippen molar-refractivity contribution in [3.8, 4) is 0 Å². The minimum atomic E-state index is -1.43. The molecular weight excluding hydrogens is 279 g/mol. The third kappa shape index (κ3) is 1.88. The summed E-state index contributed by atoms with van der Waals surface area (Å²) in [5.41, 5.74) is 0. The van der Waals surface area contributed by atoms with E-state index in [2.05, 4.69) is 0 Å². The Morgan fingerprint density at radius 1 is 1.00 bits per heavy atom. The number of halogens is 1. The van der Waals surface area contributed by atoms with Crippen molar-refractivity contribution in [3.05, 3.63) is 0 Å². The van der Waals surface area contributed by atoms with Gasteiger partial charge in [-0.05, 0) is 0 Å². The third-order valence-corrected chi connectivity index (χ3v) is 2.71. The van der Waals surface area contributed by atoms with Crippen molar-refractivity contribution in [1.29, 1.82) is 0 Å². The molecule has 5 nitrogen and oxygen atoms in total. The van der Waals surface area contributed by atoms with E-state index in [1.54, 1.807) is 0 Å². The smallest absolute Gasteiger partial charge is 0.183 e. The van der Waals surface area contributed by atoms with E-state index in [-0.39, 0.29) is 0 Å². The number of alkyl halides is 1. The van der Waals surface area contributed by atoms with Crippen molar-refractivity contribution in [2.75, 3.05) is 4.43 Å². The van der Waals surface area contributed by atoms with Crippen LogP contribution in [-0.4, -0.2) is 55.6 Å². The van der Waals surface area contributed by atoms with Gasteiger partial charge >= 0.3 is 0 Å². The number of aliphatic hydroxyl groups is 4. The highest BCUT2D eigenvalue weighted by molar-refractivity contribution is 14.1. The van der Waals surface area contributed by atoms with E-state index >= 15 is 0 Å². The molecule has 1 rings (SSSR count). The van der Waals surface area contributed by atoms with Crippen molar-refractivity contribution in [1.82, 2.24) is 0 Å². The van der Waals surface area contributed by atoms with Gasteiger partial charge in [-0.2, -0.15) is 0 Å². The molecule has 0 aromatic heterocycles. The fourth-order valence-corrected chi connectivity index (χ4v) is 1.79. The highest BCUT2D eigenvalue weighted by Gasteiger charge is 2.42. The first-order valence-corrected chi connectivity index (χ1v) is 5.04. The molecule has 1 saturated heterocycles. The van der Waals surface area contributed by atoms with Crippen LogP contribution in [0.4, 0.5) is 0 Å². The normalized spacial score (nSPS) is 49.2. The van der Waals surface area contributed by atoms with Crippen LogP contribution in [0.25, 0.3) is 0 Å². The summed E-state index contributed by atoms with van der Waals surface area (Å²) < 4.78 is 5.26. The van der Waals surface area contributed by atoms with E-state index in [4.69, 9.17) is 14.9 Å². The highest BCUT2D eigenvalue weighted by Crippen LogP contribution is 2.20. The van der Waals surface area contributed by atoms with Gasteiger partial charge in [0.1, 0.15) is 18.3 Å². The van der Waals surface area contributed by atoms with Crippen molar-refractivity contribution in [2.45, 2.75) is 30.7 Å². The molecule has 5 atom stereocenters. The van der Waals surface area contributed by atoms with Crippen LogP contribution in [0.1, 0.15) is 0 Å². The van der Waals surface area contributed by atoms with E-state index < -0.39 is 30.7 Å². The van der Waals surface area contributed by atoms with Gasteiger partial charge in [0, 0.05) is 4.43 Å². The van der Waals surface area contributed by atoms with E-state index in [1.807, 2.05) is 22.6 Å². The summed E-state index contributed by atoms with van der Waals surface area (Å²) in [4.78, 5) is 0. The molecule has 4 N–H and O–H groups in total. The molecule has 0 bridgehead atoms. The SMILES string of the molecule is OC1O[C@H](CI)C(O)C(O)C1O. The summed E-state index contributed by atoms with van der Waals surface area (Å²) in [6, 6.07) is 0. The zero-order valence-electron chi connectivity index (χ0n) is 6.17. The molecule has 72 valence electrons. The predicted molar refractivity (Wildman–Crippen MR) is 47.8 cm³/mol. The number of hydrogen-bond acceptors (Lipinski definition) is 5. The van der Waals surface area contributed by atoms with E-state index in [0.717, 1.165) is 0 Å². The number of hydrogen-bond donors (Lipinski definition) is 4. The number of aliphatic hydroxyl groups excluding tert-OH is 4. The molecule has 4 unspecified atom stereocenters. The molecule has 0 aromatic carbocycles. The topological polar surface area (TPSA) is 90.2 Å². The lowest BCUT2D eigenvalue weighted by molar-refractivity contribution is -0.275. The second-order valence-corrected chi connectivity index (χ2v) is 3.57. The number of ether oxygens (including phenoxy) is 1. The van der Waals surface area contributed by atoms with E-state index in [9.17, 15) is 10.2 Å². The largest absolute Gasteiger partial charge is 0.388 e. The van der Waals surface area contributed by atoms with Gasteiger partial charge in [0.05, 0.1) is 6.10 Å². The second-order valence-electron chi connectivity index (χ2n) is 2.69. The minimum Gasteiger partial charge on any atom is -0.388 e. The first kappa shape index (κ1) is 10.6. The van der Waals surface area contributed by atoms with Crippen molar-refractivity contribution >= 4 is 22.6 Å². The molecule has 0 radical (unpaired) electrons. The Bertz CT molecular complexity index is 150. The first-order valence-electron chi connectivity index (χ1n) is 3.51. The van der Waals surface area contributed by atoms with Gasteiger partial charge in [0.15, 0.2) is 6.29 Å². The van der Waals surface area contributed by atoms with Crippen molar-refractivity contribution < 1.29 is 25.2 Å². The highest BCUT2D eigenvalue weighted by atomic mass is 127. The fraction of sp³-hybridized carbons (Fsp3) is 1.00. The Morgan fingerprint density at radius 2 is 1.58 bits per heavy atom. The molecule has 0 aromatic rings. The van der Waals surface area contributed by atoms with Crippen molar-refractivity contribution in [3.63, 3.8) is 0 Å². The zero-order valence-corrected chi connectivity index (χ0v) is 8.33. The van der Waals surface area contributed by atoms with Gasteiger partial charge in [0.25, 0.3) is 0 Å². The minimum absolute atomic E-state index is 0.444. The van der Waals surface area contributed by atoms with Crippen LogP contribution in [0.15, 0.2) is 0 Å². The summed E-state index contributed by atoms with van der Waals surface area (Å²) in [6.07, 6.45) is -5.95. The predicted octanol–water partition coefficient (Wildman–Crippen LogP) is -1.78. The van der Waals surface area contributed by atoms with Crippen LogP contribution >= 0.6 is 22.6 Å². The van der Waals surface area contributed by atoms with Gasteiger partial charge in [-0.1, -0.05) is 22.6 Å². The Labute approximate surface area is 83.1 Å².